The van der Waals surface area contributed by atoms with E-state index in [1.165, 1.54) is 22.9 Å². The fraction of sp³-hybridized carbons (Fsp3) is 0.818. The molecule has 0 amide bonds. The zero-order chi connectivity index (χ0) is 11.1. The van der Waals surface area contributed by atoms with Gasteiger partial charge in [-0.3, -0.25) is 0 Å². The molecule has 0 bridgehead atoms. The van der Waals surface area contributed by atoms with Crippen molar-refractivity contribution in [1.29, 1.82) is 0 Å². The van der Waals surface area contributed by atoms with Crippen molar-refractivity contribution in [2.75, 3.05) is 13.6 Å². The van der Waals surface area contributed by atoms with E-state index < -0.39 is 0 Å². The summed E-state index contributed by atoms with van der Waals surface area (Å²) in [6.07, 6.45) is 4.54. The standard InChI is InChI=1S/C11H21N3S/c1-4-9(5-2)11-14-13-10(15-11)7-6-8-12-3/h9,12H,4-8H2,1-3H3. The van der Waals surface area contributed by atoms with Crippen molar-refractivity contribution in [3.63, 3.8) is 0 Å². The lowest BCUT2D eigenvalue weighted by molar-refractivity contribution is 0.629. The van der Waals surface area contributed by atoms with Crippen molar-refractivity contribution in [2.24, 2.45) is 0 Å². The summed E-state index contributed by atoms with van der Waals surface area (Å²) >= 11 is 1.79. The SMILES string of the molecule is CCC(CC)c1nnc(CCCNC)s1. The van der Waals surface area contributed by atoms with Crippen molar-refractivity contribution >= 4 is 11.3 Å². The maximum atomic E-state index is 4.29. The van der Waals surface area contributed by atoms with Crippen LogP contribution in [0.2, 0.25) is 0 Å². The van der Waals surface area contributed by atoms with Gasteiger partial charge in [0.05, 0.1) is 0 Å². The molecule has 0 aliphatic rings. The van der Waals surface area contributed by atoms with Gasteiger partial charge in [-0.15, -0.1) is 21.5 Å². The number of hydrogen-bond donors (Lipinski definition) is 1. The van der Waals surface area contributed by atoms with Crippen molar-refractivity contribution < 1.29 is 0 Å². The Morgan fingerprint density at radius 2 is 2.00 bits per heavy atom. The highest BCUT2D eigenvalue weighted by Crippen LogP contribution is 2.26. The molecule has 0 saturated carbocycles. The minimum Gasteiger partial charge on any atom is -0.320 e. The highest BCUT2D eigenvalue weighted by Gasteiger charge is 2.12. The third-order valence-electron chi connectivity index (χ3n) is 2.63. The van der Waals surface area contributed by atoms with Crippen LogP contribution in [-0.4, -0.2) is 23.8 Å². The molecule has 1 rings (SSSR count). The summed E-state index contributed by atoms with van der Waals surface area (Å²) in [7, 11) is 1.98. The van der Waals surface area contributed by atoms with E-state index in [-0.39, 0.29) is 0 Å². The van der Waals surface area contributed by atoms with E-state index in [1.807, 2.05) is 7.05 Å². The zero-order valence-electron chi connectivity index (χ0n) is 9.92. The van der Waals surface area contributed by atoms with Gasteiger partial charge < -0.3 is 5.32 Å². The third-order valence-corrected chi connectivity index (χ3v) is 3.78. The summed E-state index contributed by atoms with van der Waals surface area (Å²) in [5, 5.41) is 14.1. The molecule has 0 radical (unpaired) electrons. The fourth-order valence-electron chi connectivity index (χ4n) is 1.59. The molecule has 86 valence electrons. The molecule has 0 saturated heterocycles. The summed E-state index contributed by atoms with van der Waals surface area (Å²) in [5.41, 5.74) is 0. The van der Waals surface area contributed by atoms with Crippen molar-refractivity contribution in [1.82, 2.24) is 15.5 Å². The van der Waals surface area contributed by atoms with Gasteiger partial charge in [0.25, 0.3) is 0 Å². The van der Waals surface area contributed by atoms with Gasteiger partial charge >= 0.3 is 0 Å². The summed E-state index contributed by atoms with van der Waals surface area (Å²) in [5.74, 6) is 0.612. The maximum absolute atomic E-state index is 4.29. The molecule has 0 atom stereocenters. The largest absolute Gasteiger partial charge is 0.320 e. The van der Waals surface area contributed by atoms with Crippen LogP contribution >= 0.6 is 11.3 Å². The Morgan fingerprint density at radius 3 is 2.60 bits per heavy atom. The highest BCUT2D eigenvalue weighted by atomic mass is 32.1. The van der Waals surface area contributed by atoms with Gasteiger partial charge in [-0.2, -0.15) is 0 Å². The smallest absolute Gasteiger partial charge is 0.120 e. The second-order valence-corrected chi connectivity index (χ2v) is 4.85. The molecule has 1 aromatic heterocycles. The third kappa shape index (κ3) is 3.87. The van der Waals surface area contributed by atoms with E-state index >= 15 is 0 Å². The average Bonchev–Trinajstić information content (AvgIpc) is 2.69. The minimum absolute atomic E-state index is 0.612. The van der Waals surface area contributed by atoms with E-state index in [0.717, 1.165) is 19.4 Å². The van der Waals surface area contributed by atoms with Crippen molar-refractivity contribution in [3.05, 3.63) is 10.0 Å². The Labute approximate surface area is 96.3 Å². The first-order valence-corrected chi connectivity index (χ1v) is 6.60. The van der Waals surface area contributed by atoms with Gasteiger partial charge in [-0.1, -0.05) is 13.8 Å². The van der Waals surface area contributed by atoms with Gasteiger partial charge in [0, 0.05) is 12.3 Å². The Hall–Kier alpha value is -0.480. The molecule has 1 aromatic rings. The lowest BCUT2D eigenvalue weighted by Gasteiger charge is -2.05. The molecule has 15 heavy (non-hydrogen) atoms. The van der Waals surface area contributed by atoms with Crippen molar-refractivity contribution in [2.45, 2.75) is 45.4 Å². The first-order chi connectivity index (χ1) is 7.31. The Kier molecular flexibility index (Phi) is 5.79. The fourth-order valence-corrected chi connectivity index (χ4v) is 2.74. The first-order valence-electron chi connectivity index (χ1n) is 5.78. The lowest BCUT2D eigenvalue weighted by Crippen LogP contribution is -2.08. The molecular weight excluding hydrogens is 206 g/mol. The Morgan fingerprint density at radius 1 is 1.27 bits per heavy atom. The predicted octanol–water partition coefficient (Wildman–Crippen LogP) is 2.59. The second kappa shape index (κ2) is 6.90. The van der Waals surface area contributed by atoms with Crippen LogP contribution in [0.4, 0.5) is 0 Å². The molecular formula is C11H21N3S. The lowest BCUT2D eigenvalue weighted by atomic mass is 10.1. The Balaban J connectivity index is 2.47. The summed E-state index contributed by atoms with van der Waals surface area (Å²) in [6, 6.07) is 0. The van der Waals surface area contributed by atoms with E-state index in [0.29, 0.717) is 5.92 Å². The topological polar surface area (TPSA) is 37.8 Å². The maximum Gasteiger partial charge on any atom is 0.120 e. The summed E-state index contributed by atoms with van der Waals surface area (Å²) in [6.45, 7) is 5.49. The number of aromatic nitrogens is 2. The van der Waals surface area contributed by atoms with Crippen LogP contribution in [0.15, 0.2) is 0 Å². The second-order valence-electron chi connectivity index (χ2n) is 3.75. The van der Waals surface area contributed by atoms with Crippen LogP contribution in [0.1, 0.15) is 49.0 Å². The molecule has 0 fully saturated rings. The van der Waals surface area contributed by atoms with Crippen LogP contribution in [0, 0.1) is 0 Å². The summed E-state index contributed by atoms with van der Waals surface area (Å²) in [4.78, 5) is 0. The van der Waals surface area contributed by atoms with Crippen molar-refractivity contribution in [3.8, 4) is 0 Å². The molecule has 0 aliphatic heterocycles. The number of hydrogen-bond acceptors (Lipinski definition) is 4. The summed E-state index contributed by atoms with van der Waals surface area (Å²) < 4.78 is 0. The molecule has 1 heterocycles. The predicted molar refractivity (Wildman–Crippen MR) is 65.5 cm³/mol. The highest BCUT2D eigenvalue weighted by molar-refractivity contribution is 7.11. The average molecular weight is 227 g/mol. The number of rotatable bonds is 7. The van der Waals surface area contributed by atoms with Gasteiger partial charge in [0.2, 0.25) is 0 Å². The zero-order valence-corrected chi connectivity index (χ0v) is 10.7. The van der Waals surface area contributed by atoms with Crippen LogP contribution in [0.3, 0.4) is 0 Å². The minimum atomic E-state index is 0.612. The number of nitrogens with zero attached hydrogens (tertiary/aromatic N) is 2. The van der Waals surface area contributed by atoms with Gasteiger partial charge in [-0.05, 0) is 32.9 Å². The van der Waals surface area contributed by atoms with E-state index in [4.69, 9.17) is 0 Å². The van der Waals surface area contributed by atoms with Crippen LogP contribution < -0.4 is 5.32 Å². The quantitative estimate of drug-likeness (QED) is 0.728. The molecule has 3 nitrogen and oxygen atoms in total. The van der Waals surface area contributed by atoms with Crippen LogP contribution in [0.5, 0.6) is 0 Å². The molecule has 1 N–H and O–H groups in total. The van der Waals surface area contributed by atoms with E-state index in [1.54, 1.807) is 11.3 Å². The first kappa shape index (κ1) is 12.6. The molecule has 0 unspecified atom stereocenters. The van der Waals surface area contributed by atoms with Gasteiger partial charge in [-0.25, -0.2) is 0 Å². The van der Waals surface area contributed by atoms with Crippen LogP contribution in [-0.2, 0) is 6.42 Å². The van der Waals surface area contributed by atoms with Gasteiger partial charge in [0.1, 0.15) is 10.0 Å². The number of nitrogens with one attached hydrogen (secondary N) is 1. The molecule has 4 heteroatoms. The van der Waals surface area contributed by atoms with Crippen LogP contribution in [0.25, 0.3) is 0 Å². The van der Waals surface area contributed by atoms with E-state index in [9.17, 15) is 0 Å². The van der Waals surface area contributed by atoms with Gasteiger partial charge in [0.15, 0.2) is 0 Å². The van der Waals surface area contributed by atoms with E-state index in [2.05, 4.69) is 29.4 Å². The monoisotopic (exact) mass is 227 g/mol. The molecule has 0 aromatic carbocycles. The normalized spacial score (nSPS) is 11.2. The molecule has 0 spiro atoms. The number of aryl methyl sites for hydroxylation is 1. The molecule has 0 aliphatic carbocycles. The Bertz CT molecular complexity index is 269.